The van der Waals surface area contributed by atoms with E-state index in [-0.39, 0.29) is 24.3 Å². The highest BCUT2D eigenvalue weighted by Crippen LogP contribution is 2.47. The van der Waals surface area contributed by atoms with Gasteiger partial charge in [0.25, 0.3) is 0 Å². The molecule has 0 bridgehead atoms. The van der Waals surface area contributed by atoms with Crippen molar-refractivity contribution >= 4 is 20.0 Å². The Morgan fingerprint density at radius 2 is 1.57 bits per heavy atom. The van der Waals surface area contributed by atoms with Crippen molar-refractivity contribution in [3.63, 3.8) is 0 Å². The third-order valence-electron chi connectivity index (χ3n) is 8.82. The molecule has 0 amide bonds. The van der Waals surface area contributed by atoms with Crippen molar-refractivity contribution in [2.75, 3.05) is 18.2 Å². The maximum Gasteiger partial charge on any atom is 0.329 e. The summed E-state index contributed by atoms with van der Waals surface area (Å²) in [6.45, 7) is 14.0. The van der Waals surface area contributed by atoms with Crippen LogP contribution in [-0.4, -0.2) is 50.9 Å². The number of ether oxygens (including phenoxy) is 3. The zero-order valence-electron chi connectivity index (χ0n) is 26.6. The van der Waals surface area contributed by atoms with Crippen LogP contribution in [0.3, 0.4) is 0 Å². The summed E-state index contributed by atoms with van der Waals surface area (Å²) in [4.78, 5) is 18.1. The van der Waals surface area contributed by atoms with Gasteiger partial charge < -0.3 is 28.6 Å². The molecule has 5 rings (SSSR count). The van der Waals surface area contributed by atoms with E-state index in [1.165, 1.54) is 6.92 Å². The molecule has 2 aliphatic heterocycles. The second kappa shape index (κ2) is 13.4. The van der Waals surface area contributed by atoms with Gasteiger partial charge in [-0.25, -0.2) is 5.06 Å². The highest BCUT2D eigenvalue weighted by Gasteiger charge is 2.52. The van der Waals surface area contributed by atoms with Crippen LogP contribution < -0.4 is 9.80 Å². The van der Waals surface area contributed by atoms with Crippen LogP contribution in [0.25, 0.3) is 0 Å². The van der Waals surface area contributed by atoms with Crippen molar-refractivity contribution in [3.8, 4) is 5.75 Å². The van der Waals surface area contributed by atoms with E-state index in [4.69, 9.17) is 23.5 Å². The third kappa shape index (κ3) is 7.70. The van der Waals surface area contributed by atoms with E-state index in [0.717, 1.165) is 22.3 Å². The minimum atomic E-state index is -2.18. The number of carbonyl (C=O) groups is 1. The average Bonchev–Trinajstić information content (AvgIpc) is 3.74. The second-order valence-electron chi connectivity index (χ2n) is 13.2. The van der Waals surface area contributed by atoms with E-state index < -0.39 is 32.4 Å². The zero-order valence-corrected chi connectivity index (χ0v) is 27.6. The number of anilines is 1. The van der Waals surface area contributed by atoms with Crippen molar-refractivity contribution in [1.82, 2.24) is 0 Å². The molecule has 8 nitrogen and oxygen atoms in total. The Morgan fingerprint density at radius 3 is 2.18 bits per heavy atom. The van der Waals surface area contributed by atoms with Gasteiger partial charge in [-0.05, 0) is 47.0 Å². The smallest absolute Gasteiger partial charge is 0.329 e. The number of aliphatic hydroxyl groups is 1. The lowest BCUT2D eigenvalue weighted by Gasteiger charge is -2.39. The summed E-state index contributed by atoms with van der Waals surface area (Å²) >= 11 is 0. The van der Waals surface area contributed by atoms with Crippen molar-refractivity contribution in [3.05, 3.63) is 95.1 Å². The average molecular weight is 620 g/mol. The number of hydrogen-bond donors (Lipinski definition) is 1. The van der Waals surface area contributed by atoms with E-state index in [1.54, 1.807) is 5.06 Å². The number of fused-ring (bicyclic) bond motifs is 2. The van der Waals surface area contributed by atoms with Gasteiger partial charge >= 0.3 is 5.97 Å². The van der Waals surface area contributed by atoms with Gasteiger partial charge in [0.05, 0.1) is 31.5 Å². The van der Waals surface area contributed by atoms with Gasteiger partial charge in [-0.3, -0.25) is 4.79 Å². The quantitative estimate of drug-likeness (QED) is 0.192. The van der Waals surface area contributed by atoms with Gasteiger partial charge in [0.15, 0.2) is 8.32 Å². The number of carbonyl (C=O) groups excluding carboxylic acids is 1. The van der Waals surface area contributed by atoms with Crippen molar-refractivity contribution in [2.24, 2.45) is 0 Å². The first-order chi connectivity index (χ1) is 20.9. The van der Waals surface area contributed by atoms with Gasteiger partial charge in [-0.1, -0.05) is 81.4 Å². The Bertz CT molecular complexity index is 1410. The van der Waals surface area contributed by atoms with E-state index in [9.17, 15) is 9.90 Å². The maximum absolute atomic E-state index is 12.3. The van der Waals surface area contributed by atoms with E-state index >= 15 is 0 Å². The summed E-state index contributed by atoms with van der Waals surface area (Å²) in [5, 5.41) is 13.3. The van der Waals surface area contributed by atoms with Gasteiger partial charge in [-0.2, -0.15) is 0 Å². The van der Waals surface area contributed by atoms with E-state index in [2.05, 4.69) is 33.9 Å². The fourth-order valence-electron chi connectivity index (χ4n) is 5.25. The standard InChI is InChI=1S/C35H45NO7Si/c1-24(37)43-36-19-31-34(42-31)33(38)28(23-41-44(5,6)35(2,3)4)32-29(36)17-27(21-39-20-25-13-9-7-10-14-25)18-30(32)40-22-26-15-11-8-12-16-26/h7-18,28,31,33-34,38H,19-23H2,1-6H3/t28-,31+,33+,34+/m0/s1. The molecule has 4 atom stereocenters. The molecule has 44 heavy (non-hydrogen) atoms. The van der Waals surface area contributed by atoms with Gasteiger partial charge in [0.1, 0.15) is 24.6 Å². The molecule has 0 saturated carbocycles. The van der Waals surface area contributed by atoms with Crippen LogP contribution in [0.15, 0.2) is 72.8 Å². The van der Waals surface area contributed by atoms with Crippen LogP contribution in [0.1, 0.15) is 55.9 Å². The Kier molecular flexibility index (Phi) is 9.82. The number of benzene rings is 3. The molecule has 236 valence electrons. The number of hydrogen-bond acceptors (Lipinski definition) is 8. The van der Waals surface area contributed by atoms with Crippen LogP contribution in [-0.2, 0) is 43.4 Å². The molecule has 3 aromatic carbocycles. The summed E-state index contributed by atoms with van der Waals surface area (Å²) in [7, 11) is -2.18. The van der Waals surface area contributed by atoms with Crippen LogP contribution in [0.2, 0.25) is 18.1 Å². The summed E-state index contributed by atoms with van der Waals surface area (Å²) in [6.07, 6.45) is -1.51. The molecule has 1 saturated heterocycles. The summed E-state index contributed by atoms with van der Waals surface area (Å²) in [6, 6.07) is 23.9. The third-order valence-corrected chi connectivity index (χ3v) is 13.3. The fourth-order valence-corrected chi connectivity index (χ4v) is 6.28. The fraction of sp³-hybridized carbons (Fsp3) is 0.457. The summed E-state index contributed by atoms with van der Waals surface area (Å²) < 4.78 is 25.3. The predicted molar refractivity (Wildman–Crippen MR) is 172 cm³/mol. The molecule has 0 aromatic heterocycles. The first-order valence-electron chi connectivity index (χ1n) is 15.3. The molecular formula is C35H45NO7Si. The Hall–Kier alpha value is -3.21. The molecule has 1 N–H and O–H groups in total. The Balaban J connectivity index is 1.56. The Morgan fingerprint density at radius 1 is 0.955 bits per heavy atom. The van der Waals surface area contributed by atoms with Gasteiger partial charge in [0, 0.05) is 25.0 Å². The van der Waals surface area contributed by atoms with E-state index in [1.807, 2.05) is 72.8 Å². The van der Waals surface area contributed by atoms with Crippen LogP contribution in [0, 0.1) is 0 Å². The molecule has 0 radical (unpaired) electrons. The number of nitrogens with zero attached hydrogens (tertiary/aromatic N) is 1. The number of hydroxylamine groups is 1. The molecule has 0 unspecified atom stereocenters. The maximum atomic E-state index is 12.3. The lowest BCUT2D eigenvalue weighted by Crippen LogP contribution is -2.44. The molecular weight excluding hydrogens is 574 g/mol. The Labute approximate surface area is 261 Å². The topological polar surface area (TPSA) is 90.0 Å². The van der Waals surface area contributed by atoms with Crippen LogP contribution >= 0.6 is 0 Å². The predicted octanol–water partition coefficient (Wildman–Crippen LogP) is 6.51. The highest BCUT2D eigenvalue weighted by atomic mass is 28.4. The van der Waals surface area contributed by atoms with E-state index in [0.29, 0.717) is 31.3 Å². The summed E-state index contributed by atoms with van der Waals surface area (Å²) in [5.74, 6) is -0.345. The highest BCUT2D eigenvalue weighted by molar-refractivity contribution is 6.74. The van der Waals surface area contributed by atoms with Crippen molar-refractivity contribution in [1.29, 1.82) is 0 Å². The lowest BCUT2D eigenvalue weighted by molar-refractivity contribution is -0.142. The normalized spacial score (nSPS) is 21.5. The van der Waals surface area contributed by atoms with Gasteiger partial charge in [0.2, 0.25) is 0 Å². The number of aliphatic hydroxyl groups excluding tert-OH is 1. The number of rotatable bonds is 11. The molecule has 0 aliphatic carbocycles. The lowest BCUT2D eigenvalue weighted by atomic mass is 9.87. The van der Waals surface area contributed by atoms with Crippen LogP contribution in [0.4, 0.5) is 5.69 Å². The molecule has 9 heteroatoms. The molecule has 3 aromatic rings. The largest absolute Gasteiger partial charge is 0.489 e. The van der Waals surface area contributed by atoms with Crippen LogP contribution in [0.5, 0.6) is 5.75 Å². The minimum Gasteiger partial charge on any atom is -0.489 e. The zero-order chi connectivity index (χ0) is 31.5. The first-order valence-corrected chi connectivity index (χ1v) is 18.2. The molecule has 0 spiro atoms. The molecule has 1 fully saturated rings. The molecule has 2 aliphatic rings. The van der Waals surface area contributed by atoms with Crippen molar-refractivity contribution < 1.29 is 33.4 Å². The van der Waals surface area contributed by atoms with Crippen molar-refractivity contribution in [2.45, 2.75) is 89.9 Å². The second-order valence-corrected chi connectivity index (χ2v) is 18.0. The first kappa shape index (κ1) is 32.2. The monoisotopic (exact) mass is 619 g/mol. The SMILES string of the molecule is CC(=O)ON1C[C@H]2O[C@H]2[C@H](O)[C@@H](CO[Si](C)(C)C(C)(C)C)c2c(OCc3ccccc3)cc(COCc3ccccc3)cc21. The van der Waals surface area contributed by atoms with Gasteiger partial charge in [-0.15, -0.1) is 0 Å². The minimum absolute atomic E-state index is 0.0165. The number of epoxide rings is 1. The summed E-state index contributed by atoms with van der Waals surface area (Å²) in [5.41, 5.74) is 4.31. The molecule has 2 heterocycles.